The second-order valence-electron chi connectivity index (χ2n) is 4.13. The van der Waals surface area contributed by atoms with Crippen LogP contribution < -0.4 is 15.2 Å². The molecule has 1 aromatic heterocycles. The monoisotopic (exact) mass is 315 g/mol. The fourth-order valence-electron chi connectivity index (χ4n) is 1.99. The van der Waals surface area contributed by atoms with Crippen molar-refractivity contribution in [2.75, 3.05) is 13.2 Å². The van der Waals surface area contributed by atoms with Crippen molar-refractivity contribution in [1.29, 1.82) is 0 Å². The molecule has 1 aliphatic rings. The van der Waals surface area contributed by atoms with Crippen LogP contribution in [0.2, 0.25) is 10.0 Å². The van der Waals surface area contributed by atoms with Crippen LogP contribution in [-0.4, -0.2) is 13.2 Å². The van der Waals surface area contributed by atoms with E-state index in [0.29, 0.717) is 34.8 Å². The van der Waals surface area contributed by atoms with Gasteiger partial charge >= 0.3 is 0 Å². The number of thiophene rings is 1. The summed E-state index contributed by atoms with van der Waals surface area (Å²) in [5.41, 5.74) is 7.03. The number of hydrogen-bond acceptors (Lipinski definition) is 4. The van der Waals surface area contributed by atoms with Crippen molar-refractivity contribution in [2.24, 2.45) is 5.73 Å². The summed E-state index contributed by atoms with van der Waals surface area (Å²) in [7, 11) is 0. The predicted octanol–water partition coefficient (Wildman–Crippen LogP) is 3.87. The Kier molecular flexibility index (Phi) is 3.58. The molecule has 0 spiro atoms. The Bertz CT molecular complexity index is 615. The van der Waals surface area contributed by atoms with Gasteiger partial charge in [-0.2, -0.15) is 0 Å². The first-order valence-electron chi connectivity index (χ1n) is 5.74. The minimum Gasteiger partial charge on any atom is -0.486 e. The zero-order valence-corrected chi connectivity index (χ0v) is 12.2. The molecule has 0 bridgehead atoms. The van der Waals surface area contributed by atoms with E-state index >= 15 is 0 Å². The Labute approximate surface area is 124 Å². The summed E-state index contributed by atoms with van der Waals surface area (Å²) in [4.78, 5) is 0.889. The van der Waals surface area contributed by atoms with Crippen LogP contribution in [0.1, 0.15) is 16.5 Å². The van der Waals surface area contributed by atoms with Gasteiger partial charge in [0, 0.05) is 16.0 Å². The number of nitrogens with two attached hydrogens (primary N) is 1. The largest absolute Gasteiger partial charge is 0.486 e. The van der Waals surface area contributed by atoms with Crippen LogP contribution >= 0.6 is 34.5 Å². The quantitative estimate of drug-likeness (QED) is 0.914. The van der Waals surface area contributed by atoms with Crippen molar-refractivity contribution in [2.45, 2.75) is 6.04 Å². The van der Waals surface area contributed by atoms with Crippen LogP contribution in [0, 0.1) is 0 Å². The molecule has 3 nitrogen and oxygen atoms in total. The Balaban J connectivity index is 2.03. The van der Waals surface area contributed by atoms with Gasteiger partial charge in [-0.15, -0.1) is 11.3 Å². The average molecular weight is 316 g/mol. The molecule has 0 amide bonds. The highest BCUT2D eigenvalue weighted by Crippen LogP contribution is 2.40. The molecule has 1 aromatic carbocycles. The minimum absolute atomic E-state index is 0.365. The van der Waals surface area contributed by atoms with Gasteiger partial charge in [-0.3, -0.25) is 0 Å². The standard InChI is InChI=1S/C13H11Cl2NO2S/c14-8-1-4-19-13(8)12(16)7-5-10-11(6-9(7)15)18-3-2-17-10/h1,4-6,12H,2-3,16H2. The molecule has 2 heterocycles. The third kappa shape index (κ3) is 2.41. The highest BCUT2D eigenvalue weighted by Gasteiger charge is 2.21. The summed E-state index contributed by atoms with van der Waals surface area (Å²) < 4.78 is 11.0. The van der Waals surface area contributed by atoms with Gasteiger partial charge < -0.3 is 15.2 Å². The van der Waals surface area contributed by atoms with Gasteiger partial charge in [0.15, 0.2) is 11.5 Å². The molecule has 19 heavy (non-hydrogen) atoms. The van der Waals surface area contributed by atoms with Crippen molar-refractivity contribution >= 4 is 34.5 Å². The van der Waals surface area contributed by atoms with E-state index < -0.39 is 0 Å². The molecular weight excluding hydrogens is 305 g/mol. The van der Waals surface area contributed by atoms with Crippen molar-refractivity contribution in [3.63, 3.8) is 0 Å². The molecule has 0 saturated carbocycles. The van der Waals surface area contributed by atoms with Crippen LogP contribution in [0.3, 0.4) is 0 Å². The number of ether oxygens (including phenoxy) is 2. The smallest absolute Gasteiger partial charge is 0.162 e. The van der Waals surface area contributed by atoms with E-state index in [2.05, 4.69) is 0 Å². The average Bonchev–Trinajstić information content (AvgIpc) is 2.83. The van der Waals surface area contributed by atoms with Gasteiger partial charge in [0.05, 0.1) is 11.1 Å². The maximum Gasteiger partial charge on any atom is 0.162 e. The predicted molar refractivity (Wildman–Crippen MR) is 77.8 cm³/mol. The lowest BCUT2D eigenvalue weighted by Crippen LogP contribution is -2.17. The lowest BCUT2D eigenvalue weighted by atomic mass is 10.1. The van der Waals surface area contributed by atoms with Crippen LogP contribution in [0.4, 0.5) is 0 Å². The third-order valence-corrected chi connectivity index (χ3v) is 4.69. The van der Waals surface area contributed by atoms with E-state index in [9.17, 15) is 0 Å². The van der Waals surface area contributed by atoms with Crippen molar-refractivity contribution in [3.05, 3.63) is 44.1 Å². The van der Waals surface area contributed by atoms with Gasteiger partial charge in [0.25, 0.3) is 0 Å². The number of halogens is 2. The SMILES string of the molecule is NC(c1cc2c(cc1Cl)OCCO2)c1sccc1Cl. The first-order chi connectivity index (χ1) is 9.16. The van der Waals surface area contributed by atoms with Gasteiger partial charge in [0.2, 0.25) is 0 Å². The molecule has 100 valence electrons. The van der Waals surface area contributed by atoms with Crippen LogP contribution in [0.25, 0.3) is 0 Å². The van der Waals surface area contributed by atoms with Gasteiger partial charge in [-0.25, -0.2) is 0 Å². The minimum atomic E-state index is -0.365. The summed E-state index contributed by atoms with van der Waals surface area (Å²) in [5, 5.41) is 3.12. The molecule has 2 N–H and O–H groups in total. The summed E-state index contributed by atoms with van der Waals surface area (Å²) in [6.45, 7) is 1.06. The van der Waals surface area contributed by atoms with Gasteiger partial charge in [-0.05, 0) is 23.1 Å². The van der Waals surface area contributed by atoms with E-state index in [0.717, 1.165) is 10.4 Å². The Morgan fingerprint density at radius 2 is 1.79 bits per heavy atom. The molecule has 1 unspecified atom stereocenters. The van der Waals surface area contributed by atoms with E-state index in [1.807, 2.05) is 17.5 Å². The lowest BCUT2D eigenvalue weighted by molar-refractivity contribution is 0.171. The first-order valence-corrected chi connectivity index (χ1v) is 7.38. The van der Waals surface area contributed by atoms with Crippen LogP contribution in [0.5, 0.6) is 11.5 Å². The first kappa shape index (κ1) is 13.1. The van der Waals surface area contributed by atoms with Crippen molar-refractivity contribution in [1.82, 2.24) is 0 Å². The normalized spacial score (nSPS) is 15.3. The van der Waals surface area contributed by atoms with E-state index in [1.165, 1.54) is 11.3 Å². The second kappa shape index (κ2) is 5.21. The Hall–Kier alpha value is -0.940. The highest BCUT2D eigenvalue weighted by atomic mass is 35.5. The highest BCUT2D eigenvalue weighted by molar-refractivity contribution is 7.10. The molecule has 1 aliphatic heterocycles. The van der Waals surface area contributed by atoms with E-state index in [4.69, 9.17) is 38.4 Å². The number of hydrogen-bond donors (Lipinski definition) is 1. The van der Waals surface area contributed by atoms with Gasteiger partial charge in [-0.1, -0.05) is 23.2 Å². The lowest BCUT2D eigenvalue weighted by Gasteiger charge is -2.21. The fourth-order valence-corrected chi connectivity index (χ4v) is 3.45. The maximum absolute atomic E-state index is 6.27. The molecule has 0 fully saturated rings. The fraction of sp³-hybridized carbons (Fsp3) is 0.231. The summed E-state index contributed by atoms with van der Waals surface area (Å²) in [5.74, 6) is 1.33. The summed E-state index contributed by atoms with van der Waals surface area (Å²) in [6, 6.07) is 5.04. The molecular formula is C13H11Cl2NO2S. The Morgan fingerprint density at radius 3 is 2.42 bits per heavy atom. The molecule has 6 heteroatoms. The number of benzene rings is 1. The summed E-state index contributed by atoms with van der Waals surface area (Å²) in [6.07, 6.45) is 0. The van der Waals surface area contributed by atoms with Crippen molar-refractivity contribution in [3.8, 4) is 11.5 Å². The van der Waals surface area contributed by atoms with Crippen molar-refractivity contribution < 1.29 is 9.47 Å². The van der Waals surface area contributed by atoms with Crippen LogP contribution in [-0.2, 0) is 0 Å². The van der Waals surface area contributed by atoms with E-state index in [-0.39, 0.29) is 6.04 Å². The Morgan fingerprint density at radius 1 is 1.11 bits per heavy atom. The number of fused-ring (bicyclic) bond motifs is 1. The molecule has 2 aromatic rings. The third-order valence-electron chi connectivity index (χ3n) is 2.92. The second-order valence-corrected chi connectivity index (χ2v) is 5.89. The zero-order valence-electron chi connectivity index (χ0n) is 9.86. The van der Waals surface area contributed by atoms with Crippen LogP contribution in [0.15, 0.2) is 23.6 Å². The molecule has 0 aliphatic carbocycles. The zero-order chi connectivity index (χ0) is 13.4. The topological polar surface area (TPSA) is 44.5 Å². The molecule has 0 saturated heterocycles. The van der Waals surface area contributed by atoms with Gasteiger partial charge in [0.1, 0.15) is 13.2 Å². The molecule has 3 rings (SSSR count). The number of rotatable bonds is 2. The summed E-state index contributed by atoms with van der Waals surface area (Å²) >= 11 is 13.9. The molecule has 0 radical (unpaired) electrons. The maximum atomic E-state index is 6.27. The van der Waals surface area contributed by atoms with E-state index in [1.54, 1.807) is 6.07 Å². The molecule has 1 atom stereocenters.